The average molecular weight is 344 g/mol. The summed E-state index contributed by atoms with van der Waals surface area (Å²) in [6.07, 6.45) is 0. The molecule has 0 spiro atoms. The van der Waals surface area contributed by atoms with Crippen LogP contribution < -0.4 is 5.73 Å². The molecule has 0 radical (unpaired) electrons. The summed E-state index contributed by atoms with van der Waals surface area (Å²) >= 11 is 4.36. The zero-order chi connectivity index (χ0) is 14.0. The zero-order valence-corrected chi connectivity index (χ0v) is 12.5. The minimum absolute atomic E-state index is 0.299. The first kappa shape index (κ1) is 14.0. The number of esters is 1. The van der Waals surface area contributed by atoms with Crippen LogP contribution >= 0.6 is 27.3 Å². The lowest BCUT2D eigenvalue weighted by atomic mass is 10.2. The van der Waals surface area contributed by atoms with E-state index in [9.17, 15) is 9.18 Å². The average Bonchev–Trinajstić information content (AvgIpc) is 2.75. The second-order valence-corrected chi connectivity index (χ2v) is 5.65. The fraction of sp³-hybridized carbons (Fsp3) is 0.154. The molecule has 0 saturated carbocycles. The molecule has 0 aliphatic rings. The first-order chi connectivity index (χ1) is 9.02. The second kappa shape index (κ2) is 5.71. The molecule has 19 heavy (non-hydrogen) atoms. The van der Waals surface area contributed by atoms with Gasteiger partial charge in [-0.3, -0.25) is 0 Å². The maximum Gasteiger partial charge on any atom is 0.350 e. The SMILES string of the molecule is CCOC(=O)c1sc(-c2ccc(F)c(Br)c2)cc1N. The van der Waals surface area contributed by atoms with Crippen LogP contribution in [0.2, 0.25) is 0 Å². The summed E-state index contributed by atoms with van der Waals surface area (Å²) in [5.41, 5.74) is 6.97. The van der Waals surface area contributed by atoms with E-state index in [1.807, 2.05) is 0 Å². The molecular formula is C13H11BrFNO2S. The highest BCUT2D eigenvalue weighted by Crippen LogP contribution is 2.35. The number of hydrogen-bond donors (Lipinski definition) is 1. The molecule has 0 aliphatic carbocycles. The molecule has 2 aromatic rings. The van der Waals surface area contributed by atoms with Crippen LogP contribution in [0, 0.1) is 5.82 Å². The van der Waals surface area contributed by atoms with Gasteiger partial charge in [-0.15, -0.1) is 11.3 Å². The Morgan fingerprint density at radius 2 is 2.21 bits per heavy atom. The van der Waals surface area contributed by atoms with Crippen LogP contribution in [0.4, 0.5) is 10.1 Å². The van der Waals surface area contributed by atoms with Gasteiger partial charge in [-0.1, -0.05) is 6.07 Å². The van der Waals surface area contributed by atoms with Gasteiger partial charge in [0.15, 0.2) is 0 Å². The van der Waals surface area contributed by atoms with Gasteiger partial charge < -0.3 is 10.5 Å². The molecule has 0 bridgehead atoms. The Morgan fingerprint density at radius 1 is 1.47 bits per heavy atom. The molecule has 1 aromatic carbocycles. The number of rotatable bonds is 3. The van der Waals surface area contributed by atoms with E-state index in [4.69, 9.17) is 10.5 Å². The van der Waals surface area contributed by atoms with Crippen molar-refractivity contribution in [1.29, 1.82) is 0 Å². The summed E-state index contributed by atoms with van der Waals surface area (Å²) in [5.74, 6) is -0.767. The van der Waals surface area contributed by atoms with Crippen LogP contribution in [-0.2, 0) is 4.74 Å². The van der Waals surface area contributed by atoms with Crippen LogP contribution in [0.25, 0.3) is 10.4 Å². The number of carbonyl (C=O) groups is 1. The monoisotopic (exact) mass is 343 g/mol. The Bertz CT molecular complexity index is 627. The smallest absolute Gasteiger partial charge is 0.350 e. The predicted molar refractivity (Wildman–Crippen MR) is 77.8 cm³/mol. The summed E-state index contributed by atoms with van der Waals surface area (Å²) in [6, 6.07) is 6.34. The molecule has 0 atom stereocenters. The lowest BCUT2D eigenvalue weighted by Gasteiger charge is -2.00. The first-order valence-corrected chi connectivity index (χ1v) is 7.15. The minimum Gasteiger partial charge on any atom is -0.462 e. The highest BCUT2D eigenvalue weighted by Gasteiger charge is 2.16. The molecule has 100 valence electrons. The van der Waals surface area contributed by atoms with E-state index in [1.165, 1.54) is 17.4 Å². The number of benzene rings is 1. The summed E-state index contributed by atoms with van der Waals surface area (Å²) in [4.78, 5) is 12.8. The molecule has 0 fully saturated rings. The number of nitrogens with two attached hydrogens (primary N) is 1. The molecule has 0 aliphatic heterocycles. The lowest BCUT2D eigenvalue weighted by molar-refractivity contribution is 0.0533. The highest BCUT2D eigenvalue weighted by molar-refractivity contribution is 9.10. The summed E-state index contributed by atoms with van der Waals surface area (Å²) in [5, 5.41) is 0. The highest BCUT2D eigenvalue weighted by atomic mass is 79.9. The van der Waals surface area contributed by atoms with E-state index in [-0.39, 0.29) is 5.82 Å². The Balaban J connectivity index is 2.38. The molecule has 2 rings (SSSR count). The minimum atomic E-state index is -0.433. The molecule has 6 heteroatoms. The van der Waals surface area contributed by atoms with Gasteiger partial charge in [0.1, 0.15) is 10.7 Å². The van der Waals surface area contributed by atoms with Gasteiger partial charge in [-0.25, -0.2) is 9.18 Å². The largest absolute Gasteiger partial charge is 0.462 e. The van der Waals surface area contributed by atoms with E-state index in [1.54, 1.807) is 25.1 Å². The van der Waals surface area contributed by atoms with Crippen molar-refractivity contribution in [3.05, 3.63) is 39.4 Å². The summed E-state index contributed by atoms with van der Waals surface area (Å²) in [6.45, 7) is 2.04. The van der Waals surface area contributed by atoms with Gasteiger partial charge in [-0.05, 0) is 46.6 Å². The molecular weight excluding hydrogens is 333 g/mol. The quantitative estimate of drug-likeness (QED) is 0.854. The normalized spacial score (nSPS) is 10.5. The van der Waals surface area contributed by atoms with Gasteiger partial charge in [0, 0.05) is 4.88 Å². The number of anilines is 1. The maximum atomic E-state index is 13.2. The van der Waals surface area contributed by atoms with Gasteiger partial charge in [-0.2, -0.15) is 0 Å². The van der Waals surface area contributed by atoms with Crippen LogP contribution in [-0.4, -0.2) is 12.6 Å². The van der Waals surface area contributed by atoms with Gasteiger partial charge in [0.2, 0.25) is 0 Å². The fourth-order valence-electron chi connectivity index (χ4n) is 1.55. The van der Waals surface area contributed by atoms with Crippen molar-refractivity contribution in [2.75, 3.05) is 12.3 Å². The molecule has 3 nitrogen and oxygen atoms in total. The van der Waals surface area contributed by atoms with Crippen LogP contribution in [0.3, 0.4) is 0 Å². The predicted octanol–water partition coefficient (Wildman–Crippen LogP) is 4.08. The Kier molecular flexibility index (Phi) is 4.21. The lowest BCUT2D eigenvalue weighted by Crippen LogP contribution is -2.04. The molecule has 2 N–H and O–H groups in total. The van der Waals surface area contributed by atoms with Crippen molar-refractivity contribution in [1.82, 2.24) is 0 Å². The maximum absolute atomic E-state index is 13.2. The number of halogens is 2. The second-order valence-electron chi connectivity index (χ2n) is 3.74. The van der Waals surface area contributed by atoms with E-state index in [2.05, 4.69) is 15.9 Å². The number of nitrogen functional groups attached to an aromatic ring is 1. The zero-order valence-electron chi connectivity index (χ0n) is 10.1. The third-order valence-electron chi connectivity index (χ3n) is 2.43. The third kappa shape index (κ3) is 2.96. The molecule has 0 saturated heterocycles. The Labute approximate surface area is 122 Å². The van der Waals surface area contributed by atoms with Gasteiger partial charge in [0.25, 0.3) is 0 Å². The summed E-state index contributed by atoms with van der Waals surface area (Å²) < 4.78 is 18.5. The summed E-state index contributed by atoms with van der Waals surface area (Å²) in [7, 11) is 0. The van der Waals surface area contributed by atoms with Crippen molar-refractivity contribution in [2.24, 2.45) is 0 Å². The van der Waals surface area contributed by atoms with E-state index in [0.29, 0.717) is 21.6 Å². The molecule has 1 aromatic heterocycles. The fourth-order valence-corrected chi connectivity index (χ4v) is 2.90. The van der Waals surface area contributed by atoms with Crippen LogP contribution in [0.15, 0.2) is 28.7 Å². The Hall–Kier alpha value is -1.40. The van der Waals surface area contributed by atoms with Crippen molar-refractivity contribution in [3.63, 3.8) is 0 Å². The standard InChI is InChI=1S/C13H11BrFNO2S/c1-2-18-13(17)12-10(16)6-11(19-12)7-3-4-9(15)8(14)5-7/h3-6H,2,16H2,1H3. The number of ether oxygens (including phenoxy) is 1. The number of thiophene rings is 1. The topological polar surface area (TPSA) is 52.3 Å². The van der Waals surface area contributed by atoms with E-state index >= 15 is 0 Å². The third-order valence-corrected chi connectivity index (χ3v) is 4.21. The molecule has 1 heterocycles. The van der Waals surface area contributed by atoms with E-state index in [0.717, 1.165) is 10.4 Å². The van der Waals surface area contributed by atoms with Crippen molar-refractivity contribution < 1.29 is 13.9 Å². The van der Waals surface area contributed by atoms with Gasteiger partial charge >= 0.3 is 5.97 Å². The van der Waals surface area contributed by atoms with E-state index < -0.39 is 5.97 Å². The first-order valence-electron chi connectivity index (χ1n) is 5.54. The van der Waals surface area contributed by atoms with Crippen molar-refractivity contribution in [2.45, 2.75) is 6.92 Å². The van der Waals surface area contributed by atoms with Gasteiger partial charge in [0.05, 0.1) is 16.8 Å². The van der Waals surface area contributed by atoms with Crippen LogP contribution in [0.1, 0.15) is 16.6 Å². The van der Waals surface area contributed by atoms with Crippen LogP contribution in [0.5, 0.6) is 0 Å². The number of carbonyl (C=O) groups excluding carboxylic acids is 1. The molecule has 0 unspecified atom stereocenters. The Morgan fingerprint density at radius 3 is 2.84 bits per heavy atom. The molecule has 0 amide bonds. The number of hydrogen-bond acceptors (Lipinski definition) is 4. The van der Waals surface area contributed by atoms with Crippen molar-refractivity contribution >= 4 is 38.9 Å². The van der Waals surface area contributed by atoms with Crippen molar-refractivity contribution in [3.8, 4) is 10.4 Å².